The monoisotopic (exact) mass is 273 g/mol. The number of aryl methyl sites for hydroxylation is 1. The second-order valence-electron chi connectivity index (χ2n) is 4.58. The van der Waals surface area contributed by atoms with Gasteiger partial charge in [0.05, 0.1) is 6.34 Å². The van der Waals surface area contributed by atoms with E-state index < -0.39 is 0 Å². The van der Waals surface area contributed by atoms with Gasteiger partial charge in [0, 0.05) is 30.9 Å². The Labute approximate surface area is 118 Å². The fraction of sp³-hybridized carbons (Fsp3) is 0.200. The first kappa shape index (κ1) is 13.6. The highest BCUT2D eigenvalue weighted by atomic mass is 35.5. The van der Waals surface area contributed by atoms with Crippen LogP contribution in [0.1, 0.15) is 5.56 Å². The quantitative estimate of drug-likeness (QED) is 0.626. The van der Waals surface area contributed by atoms with Crippen LogP contribution >= 0.6 is 11.6 Å². The van der Waals surface area contributed by atoms with Crippen molar-refractivity contribution in [3.05, 3.63) is 47.1 Å². The largest absolute Gasteiger partial charge is 0.369 e. The van der Waals surface area contributed by atoms with E-state index in [1.54, 1.807) is 6.34 Å². The topological polar surface area (TPSA) is 28.5 Å². The molecule has 19 heavy (non-hydrogen) atoms. The molecule has 0 spiro atoms. The van der Waals surface area contributed by atoms with Gasteiger partial charge in [-0.2, -0.15) is 0 Å². The van der Waals surface area contributed by atoms with Crippen LogP contribution in [0.3, 0.4) is 0 Å². The number of aliphatic imine (C=N–C) groups is 1. The van der Waals surface area contributed by atoms with Crippen molar-refractivity contribution in [1.29, 1.82) is 0 Å². The third-order valence-corrected chi connectivity index (χ3v) is 2.89. The van der Waals surface area contributed by atoms with Crippen LogP contribution in [-0.2, 0) is 0 Å². The molecule has 0 aliphatic carbocycles. The minimum absolute atomic E-state index is 0.737. The van der Waals surface area contributed by atoms with Gasteiger partial charge in [0.25, 0.3) is 0 Å². The summed E-state index contributed by atoms with van der Waals surface area (Å²) in [6.45, 7) is 2.01. The number of rotatable bonds is 3. The first-order valence-electron chi connectivity index (χ1n) is 5.99. The maximum absolute atomic E-state index is 5.89. The molecule has 0 aliphatic rings. The molecular formula is C15H16ClN3. The maximum atomic E-state index is 5.89. The normalized spacial score (nSPS) is 10.9. The van der Waals surface area contributed by atoms with Gasteiger partial charge in [0.1, 0.15) is 0 Å². The minimum Gasteiger partial charge on any atom is -0.369 e. The van der Waals surface area contributed by atoms with Gasteiger partial charge in [-0.15, -0.1) is 0 Å². The number of halogens is 1. The van der Waals surface area contributed by atoms with Crippen LogP contribution in [-0.4, -0.2) is 30.3 Å². The lowest BCUT2D eigenvalue weighted by atomic mass is 10.1. The Morgan fingerprint density at radius 1 is 1.16 bits per heavy atom. The zero-order valence-electron chi connectivity index (χ0n) is 11.3. The molecule has 98 valence electrons. The summed E-state index contributed by atoms with van der Waals surface area (Å²) >= 11 is 5.89. The summed E-state index contributed by atoms with van der Waals surface area (Å²) in [5.41, 5.74) is 3.21. The van der Waals surface area contributed by atoms with Crippen molar-refractivity contribution in [3.8, 4) is 11.1 Å². The van der Waals surface area contributed by atoms with Crippen LogP contribution < -0.4 is 0 Å². The highest BCUT2D eigenvalue weighted by Gasteiger charge is 2.02. The van der Waals surface area contributed by atoms with Gasteiger partial charge in [-0.1, -0.05) is 23.7 Å². The Morgan fingerprint density at radius 2 is 1.84 bits per heavy atom. The number of nitrogens with zero attached hydrogens (tertiary/aromatic N) is 3. The summed E-state index contributed by atoms with van der Waals surface area (Å²) in [5.74, 6) is 0.742. The van der Waals surface area contributed by atoms with Crippen molar-refractivity contribution in [1.82, 2.24) is 9.88 Å². The Kier molecular flexibility index (Phi) is 4.17. The molecule has 1 aromatic heterocycles. The molecule has 0 bridgehead atoms. The Bertz CT molecular complexity index is 589. The van der Waals surface area contributed by atoms with Crippen molar-refractivity contribution in [2.45, 2.75) is 6.92 Å². The fourth-order valence-electron chi connectivity index (χ4n) is 1.67. The molecule has 0 fully saturated rings. The number of hydrogen-bond acceptors (Lipinski definition) is 2. The van der Waals surface area contributed by atoms with Gasteiger partial charge in [-0.25, -0.2) is 9.98 Å². The lowest BCUT2D eigenvalue weighted by Gasteiger charge is -2.06. The fourth-order valence-corrected chi connectivity index (χ4v) is 1.80. The number of pyridine rings is 1. The van der Waals surface area contributed by atoms with Crippen molar-refractivity contribution in [2.75, 3.05) is 14.1 Å². The molecular weight excluding hydrogens is 258 g/mol. The van der Waals surface area contributed by atoms with Gasteiger partial charge in [0.15, 0.2) is 5.82 Å². The summed E-state index contributed by atoms with van der Waals surface area (Å²) in [6.07, 6.45) is 3.58. The molecule has 0 amide bonds. The molecule has 0 atom stereocenters. The van der Waals surface area contributed by atoms with Crippen LogP contribution in [0.2, 0.25) is 5.02 Å². The molecule has 0 N–H and O–H groups in total. The molecule has 3 nitrogen and oxygen atoms in total. The van der Waals surface area contributed by atoms with Gasteiger partial charge in [-0.05, 0) is 36.2 Å². The summed E-state index contributed by atoms with van der Waals surface area (Å²) in [6, 6.07) is 9.82. The van der Waals surface area contributed by atoms with E-state index in [1.165, 1.54) is 0 Å². The lowest BCUT2D eigenvalue weighted by molar-refractivity contribution is 0.643. The highest BCUT2D eigenvalue weighted by Crippen LogP contribution is 2.25. The van der Waals surface area contributed by atoms with E-state index in [0.29, 0.717) is 0 Å². The molecule has 1 aromatic carbocycles. The van der Waals surface area contributed by atoms with Gasteiger partial charge in [-0.3, -0.25) is 0 Å². The summed E-state index contributed by atoms with van der Waals surface area (Å²) in [7, 11) is 3.86. The van der Waals surface area contributed by atoms with Crippen LogP contribution in [0.25, 0.3) is 11.1 Å². The van der Waals surface area contributed by atoms with E-state index in [0.717, 1.165) is 27.5 Å². The van der Waals surface area contributed by atoms with Gasteiger partial charge < -0.3 is 4.90 Å². The van der Waals surface area contributed by atoms with Gasteiger partial charge >= 0.3 is 0 Å². The first-order valence-corrected chi connectivity index (χ1v) is 6.37. The second kappa shape index (κ2) is 5.85. The Hall–Kier alpha value is -1.87. The summed E-state index contributed by atoms with van der Waals surface area (Å²) in [4.78, 5) is 10.6. The van der Waals surface area contributed by atoms with E-state index in [-0.39, 0.29) is 0 Å². The summed E-state index contributed by atoms with van der Waals surface area (Å²) < 4.78 is 0. The summed E-state index contributed by atoms with van der Waals surface area (Å²) in [5, 5.41) is 0.737. The number of benzene rings is 1. The van der Waals surface area contributed by atoms with Crippen LogP contribution in [0.5, 0.6) is 0 Å². The minimum atomic E-state index is 0.737. The van der Waals surface area contributed by atoms with Crippen molar-refractivity contribution >= 4 is 23.8 Å². The van der Waals surface area contributed by atoms with Crippen LogP contribution in [0.4, 0.5) is 5.82 Å². The molecule has 0 unspecified atom stereocenters. The molecule has 0 saturated heterocycles. The zero-order chi connectivity index (χ0) is 13.8. The molecule has 4 heteroatoms. The van der Waals surface area contributed by atoms with E-state index >= 15 is 0 Å². The van der Waals surface area contributed by atoms with Crippen molar-refractivity contribution in [2.24, 2.45) is 4.99 Å². The zero-order valence-corrected chi connectivity index (χ0v) is 12.0. The predicted molar refractivity (Wildman–Crippen MR) is 81.3 cm³/mol. The molecule has 0 aliphatic heterocycles. The molecule has 1 heterocycles. The van der Waals surface area contributed by atoms with Crippen molar-refractivity contribution < 1.29 is 0 Å². The standard InChI is InChI=1S/C15H16ClN3/c1-11-8-13(12-4-6-14(16)7-5-12)9-17-15(11)18-10-19(2)3/h4-10H,1-3H3. The third kappa shape index (κ3) is 3.55. The smallest absolute Gasteiger partial charge is 0.156 e. The molecule has 0 radical (unpaired) electrons. The maximum Gasteiger partial charge on any atom is 0.156 e. The lowest BCUT2D eigenvalue weighted by Crippen LogP contribution is -2.07. The van der Waals surface area contributed by atoms with E-state index in [4.69, 9.17) is 11.6 Å². The van der Waals surface area contributed by atoms with Gasteiger partial charge in [0.2, 0.25) is 0 Å². The molecule has 2 aromatic rings. The Morgan fingerprint density at radius 3 is 2.42 bits per heavy atom. The van der Waals surface area contributed by atoms with E-state index in [1.807, 2.05) is 56.4 Å². The Balaban J connectivity index is 2.30. The average molecular weight is 274 g/mol. The third-order valence-electron chi connectivity index (χ3n) is 2.64. The van der Waals surface area contributed by atoms with Crippen molar-refractivity contribution in [3.63, 3.8) is 0 Å². The van der Waals surface area contributed by atoms with E-state index in [9.17, 15) is 0 Å². The predicted octanol–water partition coefficient (Wildman–Crippen LogP) is 3.93. The SMILES string of the molecule is Cc1cc(-c2ccc(Cl)cc2)cnc1N=CN(C)C. The number of aromatic nitrogens is 1. The average Bonchev–Trinajstić information content (AvgIpc) is 2.38. The molecule has 0 saturated carbocycles. The van der Waals surface area contributed by atoms with E-state index in [2.05, 4.69) is 16.0 Å². The number of hydrogen-bond donors (Lipinski definition) is 0. The second-order valence-corrected chi connectivity index (χ2v) is 5.02. The highest BCUT2D eigenvalue weighted by molar-refractivity contribution is 6.30. The van der Waals surface area contributed by atoms with Crippen LogP contribution in [0.15, 0.2) is 41.5 Å². The first-order chi connectivity index (χ1) is 9.06. The molecule has 2 rings (SSSR count). The van der Waals surface area contributed by atoms with Crippen LogP contribution in [0, 0.1) is 6.92 Å².